The minimum atomic E-state index is -0.103. The molecule has 1 atom stereocenters. The number of nitrogens with one attached hydrogen (secondary N) is 2. The maximum absolute atomic E-state index is 13.2. The number of hydrogen-bond acceptors (Lipinski definition) is 8. The van der Waals surface area contributed by atoms with Gasteiger partial charge in [-0.25, -0.2) is 9.97 Å². The van der Waals surface area contributed by atoms with Crippen LogP contribution in [0.2, 0.25) is 0 Å². The molecule has 0 radical (unpaired) electrons. The van der Waals surface area contributed by atoms with Gasteiger partial charge in [-0.2, -0.15) is 5.26 Å². The summed E-state index contributed by atoms with van der Waals surface area (Å²) in [4.78, 5) is 40.4. The number of aromatic nitrogens is 3. The van der Waals surface area contributed by atoms with E-state index in [2.05, 4.69) is 33.3 Å². The highest BCUT2D eigenvalue weighted by Crippen LogP contribution is 2.41. The van der Waals surface area contributed by atoms with E-state index in [0.29, 0.717) is 13.0 Å². The molecule has 10 heteroatoms. The van der Waals surface area contributed by atoms with Crippen LogP contribution in [-0.4, -0.2) is 38.8 Å². The number of hydrogen-bond donors (Lipinski definition) is 2. The molecule has 174 valence electrons. The van der Waals surface area contributed by atoms with Crippen LogP contribution >= 0.6 is 22.7 Å². The quantitative estimate of drug-likeness (QED) is 0.365. The van der Waals surface area contributed by atoms with Gasteiger partial charge in [0.2, 0.25) is 5.91 Å². The molecular formula is C24H24N6O2S2. The third-order valence-corrected chi connectivity index (χ3v) is 8.24. The largest absolute Gasteiger partial charge is 0.340 e. The summed E-state index contributed by atoms with van der Waals surface area (Å²) in [5.41, 5.74) is 2.89. The van der Waals surface area contributed by atoms with Crippen molar-refractivity contribution in [2.75, 3.05) is 18.4 Å². The first-order chi connectivity index (χ1) is 16.6. The number of benzene rings is 1. The van der Waals surface area contributed by atoms with E-state index < -0.39 is 0 Å². The molecule has 0 aliphatic heterocycles. The van der Waals surface area contributed by atoms with E-state index in [1.807, 2.05) is 18.2 Å². The van der Waals surface area contributed by atoms with Gasteiger partial charge in [-0.15, -0.1) is 11.3 Å². The van der Waals surface area contributed by atoms with E-state index in [1.165, 1.54) is 21.8 Å². The predicted molar refractivity (Wildman–Crippen MR) is 136 cm³/mol. The molecule has 0 spiro atoms. The topological polar surface area (TPSA) is 115 Å². The SMILES string of the molecule is CCCCN(CC#N)C(=O)[C@@H]1CCc2c(sc3ncnc(Nc4ccc5[nH]c(=O)sc5c4)c23)C1. The standard InChI is InChI=1S/C24H24N6O2S2/c1-2-3-9-30(10-8-25)23(31)14-4-6-16-18(11-14)33-22-20(16)21(26-13-27-22)28-15-5-7-17-19(12-15)34-24(32)29-17/h5,7,12-14H,2-4,6,9-11H2,1H3,(H,29,32)(H,26,27,28)/t14-/m1/s1. The van der Waals surface area contributed by atoms with Crippen LogP contribution in [0.3, 0.4) is 0 Å². The number of carbonyl (C=O) groups is 1. The summed E-state index contributed by atoms with van der Waals surface area (Å²) in [6.07, 6.45) is 5.66. The van der Waals surface area contributed by atoms with E-state index in [0.717, 1.165) is 57.6 Å². The van der Waals surface area contributed by atoms with Crippen molar-refractivity contribution in [3.05, 3.63) is 44.6 Å². The van der Waals surface area contributed by atoms with Gasteiger partial charge in [0, 0.05) is 23.0 Å². The molecule has 1 aromatic carbocycles. The van der Waals surface area contributed by atoms with Crippen LogP contribution in [-0.2, 0) is 17.6 Å². The summed E-state index contributed by atoms with van der Waals surface area (Å²) in [5.74, 6) is 0.721. The fraction of sp³-hybridized carbons (Fsp3) is 0.375. The summed E-state index contributed by atoms with van der Waals surface area (Å²) in [7, 11) is 0. The lowest BCUT2D eigenvalue weighted by atomic mass is 9.86. The third kappa shape index (κ3) is 4.29. The lowest BCUT2D eigenvalue weighted by Crippen LogP contribution is -2.39. The number of thiazole rings is 1. The Labute approximate surface area is 204 Å². The number of unbranched alkanes of at least 4 members (excludes halogenated alkanes) is 1. The van der Waals surface area contributed by atoms with Crippen LogP contribution < -0.4 is 10.2 Å². The maximum Gasteiger partial charge on any atom is 0.305 e. The molecule has 34 heavy (non-hydrogen) atoms. The van der Waals surface area contributed by atoms with Crippen molar-refractivity contribution in [2.24, 2.45) is 5.92 Å². The molecule has 0 bridgehead atoms. The van der Waals surface area contributed by atoms with Crippen LogP contribution in [0.5, 0.6) is 0 Å². The van der Waals surface area contributed by atoms with Gasteiger partial charge in [0.1, 0.15) is 23.5 Å². The molecule has 3 heterocycles. The summed E-state index contributed by atoms with van der Waals surface area (Å²) >= 11 is 2.80. The monoisotopic (exact) mass is 492 g/mol. The van der Waals surface area contributed by atoms with Gasteiger partial charge in [0.25, 0.3) is 0 Å². The van der Waals surface area contributed by atoms with Crippen LogP contribution in [0.15, 0.2) is 29.3 Å². The van der Waals surface area contributed by atoms with Crippen LogP contribution in [0.1, 0.15) is 36.6 Å². The Morgan fingerprint density at radius 2 is 2.24 bits per heavy atom. The van der Waals surface area contributed by atoms with Crippen molar-refractivity contribution in [1.29, 1.82) is 5.26 Å². The smallest absolute Gasteiger partial charge is 0.305 e. The number of H-pyrrole nitrogens is 1. The second kappa shape index (κ2) is 9.52. The van der Waals surface area contributed by atoms with Gasteiger partial charge < -0.3 is 15.2 Å². The van der Waals surface area contributed by atoms with Crippen molar-refractivity contribution in [1.82, 2.24) is 19.9 Å². The van der Waals surface area contributed by atoms with Gasteiger partial charge >= 0.3 is 4.87 Å². The number of thiophene rings is 1. The highest BCUT2D eigenvalue weighted by atomic mass is 32.1. The number of carbonyl (C=O) groups excluding carboxylic acids is 1. The molecule has 1 aliphatic carbocycles. The van der Waals surface area contributed by atoms with Gasteiger partial charge in [-0.1, -0.05) is 24.7 Å². The summed E-state index contributed by atoms with van der Waals surface area (Å²) < 4.78 is 0.888. The molecule has 4 aromatic rings. The average molecular weight is 493 g/mol. The number of aromatic amines is 1. The number of nitrogens with zero attached hydrogens (tertiary/aromatic N) is 4. The third-order valence-electron chi connectivity index (χ3n) is 6.23. The fourth-order valence-electron chi connectivity index (χ4n) is 4.54. The second-order valence-electron chi connectivity index (χ2n) is 8.47. The molecule has 0 saturated heterocycles. The summed E-state index contributed by atoms with van der Waals surface area (Å²) in [6.45, 7) is 2.87. The van der Waals surface area contributed by atoms with Crippen molar-refractivity contribution in [3.63, 3.8) is 0 Å². The Morgan fingerprint density at radius 1 is 1.35 bits per heavy atom. The lowest BCUT2D eigenvalue weighted by Gasteiger charge is -2.28. The number of aryl methyl sites for hydroxylation is 1. The Bertz CT molecular complexity index is 1460. The first-order valence-electron chi connectivity index (χ1n) is 11.4. The van der Waals surface area contributed by atoms with Gasteiger partial charge in [-0.05, 0) is 49.4 Å². The number of anilines is 2. The van der Waals surface area contributed by atoms with E-state index in [1.54, 1.807) is 22.6 Å². The molecule has 5 rings (SSSR count). The van der Waals surface area contributed by atoms with Crippen LogP contribution in [0, 0.1) is 17.2 Å². The summed E-state index contributed by atoms with van der Waals surface area (Å²) in [6, 6.07) is 7.90. The predicted octanol–water partition coefficient (Wildman–Crippen LogP) is 4.60. The Kier molecular flexibility index (Phi) is 6.30. The molecule has 3 aromatic heterocycles. The zero-order valence-corrected chi connectivity index (χ0v) is 20.4. The van der Waals surface area contributed by atoms with Crippen LogP contribution in [0.4, 0.5) is 11.5 Å². The average Bonchev–Trinajstić information content (AvgIpc) is 3.40. The minimum absolute atomic E-state index is 0.0735. The van der Waals surface area contributed by atoms with E-state index >= 15 is 0 Å². The van der Waals surface area contributed by atoms with Crippen molar-refractivity contribution < 1.29 is 4.79 Å². The molecule has 0 unspecified atom stereocenters. The normalized spacial score (nSPS) is 15.2. The Balaban J connectivity index is 1.42. The van der Waals surface area contributed by atoms with Crippen molar-refractivity contribution in [3.8, 4) is 6.07 Å². The first kappa shape index (κ1) is 22.5. The number of rotatable bonds is 7. The second-order valence-corrected chi connectivity index (χ2v) is 10.6. The molecule has 8 nitrogen and oxygen atoms in total. The first-order valence-corrected chi connectivity index (χ1v) is 13.0. The molecule has 1 amide bonds. The fourth-order valence-corrected chi connectivity index (χ4v) is 6.58. The van der Waals surface area contributed by atoms with Gasteiger partial charge in [0.05, 0.1) is 21.7 Å². The molecule has 0 fully saturated rings. The van der Waals surface area contributed by atoms with Crippen molar-refractivity contribution in [2.45, 2.75) is 39.0 Å². The zero-order valence-electron chi connectivity index (χ0n) is 18.8. The molecule has 0 saturated carbocycles. The lowest BCUT2D eigenvalue weighted by molar-refractivity contribution is -0.135. The Morgan fingerprint density at radius 3 is 3.06 bits per heavy atom. The van der Waals surface area contributed by atoms with E-state index in [-0.39, 0.29) is 23.2 Å². The number of nitriles is 1. The maximum atomic E-state index is 13.2. The highest BCUT2D eigenvalue weighted by Gasteiger charge is 2.31. The van der Waals surface area contributed by atoms with E-state index in [4.69, 9.17) is 5.26 Å². The molecule has 2 N–H and O–H groups in total. The number of fused-ring (bicyclic) bond motifs is 4. The summed E-state index contributed by atoms with van der Waals surface area (Å²) in [5, 5.41) is 13.6. The number of amides is 1. The van der Waals surface area contributed by atoms with E-state index in [9.17, 15) is 9.59 Å². The zero-order chi connectivity index (χ0) is 23.7. The van der Waals surface area contributed by atoms with Gasteiger partial charge in [0.15, 0.2) is 0 Å². The molecular weight excluding hydrogens is 468 g/mol. The minimum Gasteiger partial charge on any atom is -0.340 e. The molecule has 1 aliphatic rings. The van der Waals surface area contributed by atoms with Crippen LogP contribution in [0.25, 0.3) is 20.4 Å². The van der Waals surface area contributed by atoms with Gasteiger partial charge in [-0.3, -0.25) is 9.59 Å². The Hall–Kier alpha value is -3.29. The highest BCUT2D eigenvalue weighted by molar-refractivity contribution is 7.19. The van der Waals surface area contributed by atoms with Crippen molar-refractivity contribution >= 4 is 60.5 Å².